The summed E-state index contributed by atoms with van der Waals surface area (Å²) < 4.78 is 59.0. The van der Waals surface area contributed by atoms with Gasteiger partial charge in [-0.15, -0.1) is 10.2 Å². The lowest BCUT2D eigenvalue weighted by molar-refractivity contribution is -0.140. The lowest BCUT2D eigenvalue weighted by atomic mass is 10.0. The number of piperidine rings is 1. The number of alkyl halides is 3. The van der Waals surface area contributed by atoms with E-state index in [-0.39, 0.29) is 37.5 Å². The highest BCUT2D eigenvalue weighted by Gasteiger charge is 2.45. The van der Waals surface area contributed by atoms with Crippen molar-refractivity contribution < 1.29 is 24.1 Å². The summed E-state index contributed by atoms with van der Waals surface area (Å²) in [6.07, 6.45) is -0.0147. The molecular formula is C22H23F3N8O2. The number of carbonyl (C=O) groups excluding carboxylic acids is 1. The standard InChI is InChI=1S/C22H23F3N8O2/c1-13(34)31-8-6-18(22(24,25)12-31)26-21-27-20(35-2)19-15(5-9-33(19)29-21)14-3-4-16-17(11-14)32(10-7-23)30-28-16/h3-5,9,11,18H,6-8,10,12H2,1-2H3,(H,26,29)/t18-/m1/s1/i9D. The number of ether oxygens (including phenoxy) is 1. The van der Waals surface area contributed by atoms with Crippen LogP contribution in [0.15, 0.2) is 30.4 Å². The number of halogens is 3. The number of fused-ring (bicyclic) bond motifs is 2. The lowest BCUT2D eigenvalue weighted by Crippen LogP contribution is -2.55. The molecule has 35 heavy (non-hydrogen) atoms. The van der Waals surface area contributed by atoms with Crippen LogP contribution >= 0.6 is 0 Å². The Bertz CT molecular complexity index is 1460. The van der Waals surface area contributed by atoms with Crippen LogP contribution in [0.1, 0.15) is 14.7 Å². The third kappa shape index (κ3) is 4.10. The molecule has 4 heterocycles. The summed E-state index contributed by atoms with van der Waals surface area (Å²) in [6, 6.07) is 5.54. The molecule has 10 nitrogen and oxygen atoms in total. The van der Waals surface area contributed by atoms with Crippen LogP contribution in [-0.2, 0) is 11.3 Å². The summed E-state index contributed by atoms with van der Waals surface area (Å²) in [7, 11) is 1.38. The number of benzene rings is 1. The van der Waals surface area contributed by atoms with Gasteiger partial charge in [0.25, 0.3) is 5.92 Å². The first-order valence-electron chi connectivity index (χ1n) is 11.5. The number of nitrogens with one attached hydrogen (secondary N) is 1. The highest BCUT2D eigenvalue weighted by molar-refractivity contribution is 5.89. The Morgan fingerprint density at radius 2 is 2.20 bits per heavy atom. The zero-order valence-corrected chi connectivity index (χ0v) is 19.0. The van der Waals surface area contributed by atoms with Crippen molar-refractivity contribution in [3.8, 4) is 17.0 Å². The SMILES string of the molecule is [2H]c1cc(-c2ccc3nnn(CCF)c3c2)c2c(OC)nc(N[C@@H]3CCN(C(C)=O)CC3(F)F)nn12. The molecule has 0 saturated carbocycles. The maximum Gasteiger partial charge on any atom is 0.285 e. The Morgan fingerprint density at radius 1 is 1.37 bits per heavy atom. The van der Waals surface area contributed by atoms with Gasteiger partial charge in [0.2, 0.25) is 17.7 Å². The topological polar surface area (TPSA) is 102 Å². The van der Waals surface area contributed by atoms with Gasteiger partial charge in [0.1, 0.15) is 17.7 Å². The van der Waals surface area contributed by atoms with Gasteiger partial charge in [0, 0.05) is 25.2 Å². The van der Waals surface area contributed by atoms with E-state index in [0.29, 0.717) is 27.7 Å². The third-order valence-corrected chi connectivity index (χ3v) is 6.07. The Labute approximate surface area is 199 Å². The number of carbonyl (C=O) groups is 1. The van der Waals surface area contributed by atoms with E-state index in [4.69, 9.17) is 6.11 Å². The fraction of sp³-hybridized carbons (Fsp3) is 0.409. The smallest absolute Gasteiger partial charge is 0.285 e. The number of aromatic nitrogens is 6. The summed E-state index contributed by atoms with van der Waals surface area (Å²) in [5, 5.41) is 14.9. The average Bonchev–Trinajstić information content (AvgIpc) is 3.40. The van der Waals surface area contributed by atoms with E-state index in [1.54, 1.807) is 24.3 Å². The van der Waals surface area contributed by atoms with Crippen LogP contribution in [0.3, 0.4) is 0 Å². The second kappa shape index (κ2) is 8.71. The molecule has 1 N–H and O–H groups in total. The maximum atomic E-state index is 14.7. The molecule has 184 valence electrons. The van der Waals surface area contributed by atoms with Crippen molar-refractivity contribution in [1.82, 2.24) is 34.5 Å². The van der Waals surface area contributed by atoms with Crippen LogP contribution in [0.5, 0.6) is 5.88 Å². The largest absolute Gasteiger partial charge is 0.479 e. The Balaban J connectivity index is 1.53. The van der Waals surface area contributed by atoms with E-state index < -0.39 is 31.1 Å². The molecule has 0 radical (unpaired) electrons. The number of methoxy groups -OCH3 is 1. The first-order chi connectivity index (χ1) is 17.2. The molecule has 13 heteroatoms. The van der Waals surface area contributed by atoms with Crippen molar-refractivity contribution in [2.24, 2.45) is 0 Å². The molecule has 1 aliphatic heterocycles. The summed E-state index contributed by atoms with van der Waals surface area (Å²) >= 11 is 0. The van der Waals surface area contributed by atoms with Crippen LogP contribution < -0.4 is 10.1 Å². The normalized spacial score (nSPS) is 18.1. The quantitative estimate of drug-likeness (QED) is 0.444. The van der Waals surface area contributed by atoms with Crippen molar-refractivity contribution in [2.45, 2.75) is 31.9 Å². The second-order valence-electron chi connectivity index (χ2n) is 8.28. The number of amides is 1. The predicted molar refractivity (Wildman–Crippen MR) is 121 cm³/mol. The van der Waals surface area contributed by atoms with Crippen molar-refractivity contribution in [2.75, 3.05) is 32.2 Å². The summed E-state index contributed by atoms with van der Waals surface area (Å²) in [5.74, 6) is -3.65. The number of rotatable bonds is 6. The molecule has 1 saturated heterocycles. The summed E-state index contributed by atoms with van der Waals surface area (Å²) in [6.45, 7) is 0.188. The van der Waals surface area contributed by atoms with E-state index in [0.717, 1.165) is 4.90 Å². The highest BCUT2D eigenvalue weighted by atomic mass is 19.3. The molecule has 0 aliphatic carbocycles. The number of anilines is 1. The van der Waals surface area contributed by atoms with E-state index in [2.05, 4.69) is 25.7 Å². The number of hydrogen-bond donors (Lipinski definition) is 1. The highest BCUT2D eigenvalue weighted by Crippen LogP contribution is 2.34. The van der Waals surface area contributed by atoms with E-state index in [1.807, 2.05) is 0 Å². The van der Waals surface area contributed by atoms with Gasteiger partial charge in [-0.1, -0.05) is 11.3 Å². The lowest BCUT2D eigenvalue weighted by Gasteiger charge is -2.38. The molecule has 0 spiro atoms. The molecule has 1 aliphatic rings. The van der Waals surface area contributed by atoms with Crippen LogP contribution in [-0.4, -0.2) is 79.2 Å². The van der Waals surface area contributed by atoms with Crippen molar-refractivity contribution in [3.63, 3.8) is 0 Å². The number of nitrogens with zero attached hydrogens (tertiary/aromatic N) is 7. The molecule has 0 unspecified atom stereocenters. The minimum Gasteiger partial charge on any atom is -0.479 e. The van der Waals surface area contributed by atoms with Crippen LogP contribution in [0.4, 0.5) is 19.1 Å². The summed E-state index contributed by atoms with van der Waals surface area (Å²) in [4.78, 5) is 16.9. The maximum absolute atomic E-state index is 14.7. The van der Waals surface area contributed by atoms with E-state index >= 15 is 0 Å². The van der Waals surface area contributed by atoms with Gasteiger partial charge in [-0.25, -0.2) is 22.4 Å². The number of likely N-dealkylation sites (tertiary alicyclic amines) is 1. The Kier molecular flexibility index (Phi) is 5.38. The zero-order valence-electron chi connectivity index (χ0n) is 20.0. The molecule has 0 bridgehead atoms. The molecule has 1 aromatic carbocycles. The van der Waals surface area contributed by atoms with Crippen molar-refractivity contribution >= 4 is 28.4 Å². The Morgan fingerprint density at radius 3 is 2.91 bits per heavy atom. The van der Waals surface area contributed by atoms with Gasteiger partial charge >= 0.3 is 0 Å². The van der Waals surface area contributed by atoms with E-state index in [9.17, 15) is 18.0 Å². The van der Waals surface area contributed by atoms with Gasteiger partial charge < -0.3 is 15.0 Å². The van der Waals surface area contributed by atoms with Crippen molar-refractivity contribution in [1.29, 1.82) is 0 Å². The monoisotopic (exact) mass is 489 g/mol. The van der Waals surface area contributed by atoms with Gasteiger partial charge in [-0.3, -0.25) is 4.79 Å². The van der Waals surface area contributed by atoms with Gasteiger partial charge in [0.15, 0.2) is 0 Å². The second-order valence-corrected chi connectivity index (χ2v) is 8.28. The molecular weight excluding hydrogens is 465 g/mol. The summed E-state index contributed by atoms with van der Waals surface area (Å²) in [5.41, 5.74) is 2.82. The van der Waals surface area contributed by atoms with Crippen molar-refractivity contribution in [3.05, 3.63) is 30.4 Å². The minimum absolute atomic E-state index is 0.00155. The van der Waals surface area contributed by atoms with Crippen LogP contribution in [0.25, 0.3) is 27.7 Å². The third-order valence-electron chi connectivity index (χ3n) is 6.07. The van der Waals surface area contributed by atoms with Gasteiger partial charge in [-0.05, 0) is 30.2 Å². The fourth-order valence-corrected chi connectivity index (χ4v) is 4.27. The van der Waals surface area contributed by atoms with E-state index in [1.165, 1.54) is 23.2 Å². The molecule has 1 amide bonds. The molecule has 5 rings (SSSR count). The molecule has 4 aromatic rings. The fourth-order valence-electron chi connectivity index (χ4n) is 4.27. The molecule has 1 fully saturated rings. The number of aryl methyl sites for hydroxylation is 1. The van der Waals surface area contributed by atoms with Crippen LogP contribution in [0.2, 0.25) is 0 Å². The first kappa shape index (κ1) is 21.6. The van der Waals surface area contributed by atoms with Crippen LogP contribution in [0, 0.1) is 0 Å². The average molecular weight is 489 g/mol. The van der Waals surface area contributed by atoms with Gasteiger partial charge in [-0.2, -0.15) is 4.98 Å². The Hall–Kier alpha value is -3.90. The first-order valence-corrected chi connectivity index (χ1v) is 11.0. The zero-order chi connectivity index (χ0) is 25.6. The minimum atomic E-state index is -3.20. The molecule has 1 atom stereocenters. The molecule has 3 aromatic heterocycles. The number of hydrogen-bond acceptors (Lipinski definition) is 7. The predicted octanol–water partition coefficient (Wildman–Crippen LogP) is 2.79. The van der Waals surface area contributed by atoms with Gasteiger partial charge in [0.05, 0.1) is 33.1 Å².